The highest BCUT2D eigenvalue weighted by molar-refractivity contribution is 6.28. The molecule has 6 nitrogen and oxygen atoms in total. The Kier molecular flexibility index (Phi) is 3.11. The molecule has 2 atom stereocenters. The lowest BCUT2D eigenvalue weighted by Crippen LogP contribution is -2.35. The van der Waals surface area contributed by atoms with E-state index in [0.29, 0.717) is 29.5 Å². The van der Waals surface area contributed by atoms with E-state index in [0.717, 1.165) is 10.6 Å². The molecule has 0 amide bonds. The highest BCUT2D eigenvalue weighted by Crippen LogP contribution is 2.20. The molecule has 0 bridgehead atoms. The third kappa shape index (κ3) is 2.25. The van der Waals surface area contributed by atoms with Crippen molar-refractivity contribution in [2.45, 2.75) is 13.5 Å². The van der Waals surface area contributed by atoms with Crippen molar-refractivity contribution in [1.29, 1.82) is 0 Å². The number of halogens is 1. The summed E-state index contributed by atoms with van der Waals surface area (Å²) in [6.45, 7) is 2.87. The number of nitrogens with zero attached hydrogens (tertiary/aromatic N) is 6. The van der Waals surface area contributed by atoms with Crippen LogP contribution >= 0.6 is 11.6 Å². The Labute approximate surface area is 131 Å². The number of pyridine rings is 1. The van der Waals surface area contributed by atoms with Crippen molar-refractivity contribution >= 4 is 34.9 Å². The second kappa shape index (κ2) is 5.14. The molecule has 1 aliphatic carbocycles. The molecule has 7 heteroatoms. The number of rotatable bonds is 2. The minimum absolute atomic E-state index is 0.206. The molecule has 0 N–H and O–H groups in total. The lowest BCUT2D eigenvalue weighted by Gasteiger charge is -2.20. The van der Waals surface area contributed by atoms with E-state index in [4.69, 9.17) is 11.6 Å². The normalized spacial score (nSPS) is 20.3. The molecule has 3 heterocycles. The first-order valence-corrected chi connectivity index (χ1v) is 7.45. The fourth-order valence-corrected chi connectivity index (χ4v) is 2.89. The van der Waals surface area contributed by atoms with E-state index in [-0.39, 0.29) is 5.28 Å². The van der Waals surface area contributed by atoms with E-state index in [9.17, 15) is 0 Å². The maximum absolute atomic E-state index is 5.87. The quantitative estimate of drug-likeness (QED) is 0.655. The summed E-state index contributed by atoms with van der Waals surface area (Å²) in [5.41, 5.74) is 1.32. The van der Waals surface area contributed by atoms with Gasteiger partial charge < -0.3 is 0 Å². The van der Waals surface area contributed by atoms with Crippen LogP contribution in [0.25, 0.3) is 23.3 Å². The first-order valence-electron chi connectivity index (χ1n) is 7.07. The smallest absolute Gasteiger partial charge is 0.224 e. The first kappa shape index (κ1) is 13.3. The third-order valence-electron chi connectivity index (χ3n) is 3.97. The summed E-state index contributed by atoms with van der Waals surface area (Å²) in [7, 11) is 0. The van der Waals surface area contributed by atoms with Gasteiger partial charge in [-0.25, -0.2) is 9.67 Å². The molecule has 0 aromatic carbocycles. The van der Waals surface area contributed by atoms with Crippen LogP contribution in [0.1, 0.15) is 6.92 Å². The predicted octanol–water partition coefficient (Wildman–Crippen LogP) is 0.797. The van der Waals surface area contributed by atoms with Gasteiger partial charge in [0, 0.05) is 12.1 Å². The number of hydrogen-bond acceptors (Lipinski definition) is 5. The van der Waals surface area contributed by atoms with Crippen molar-refractivity contribution in [3.8, 4) is 0 Å². The first-order chi connectivity index (χ1) is 10.7. The zero-order valence-electron chi connectivity index (χ0n) is 11.9. The lowest BCUT2D eigenvalue weighted by atomic mass is 9.89. The predicted molar refractivity (Wildman–Crippen MR) is 83.2 cm³/mol. The monoisotopic (exact) mass is 312 g/mol. The Morgan fingerprint density at radius 3 is 3.09 bits per heavy atom. The molecular formula is C15H13ClN6. The molecule has 0 saturated carbocycles. The highest BCUT2D eigenvalue weighted by Gasteiger charge is 2.19. The van der Waals surface area contributed by atoms with Gasteiger partial charge in [-0.2, -0.15) is 4.98 Å². The molecule has 1 aliphatic rings. The Balaban J connectivity index is 1.74. The molecule has 2 unspecified atom stereocenters. The van der Waals surface area contributed by atoms with Gasteiger partial charge in [-0.05, 0) is 28.8 Å². The Hall–Kier alpha value is -2.34. The molecule has 0 spiro atoms. The van der Waals surface area contributed by atoms with Crippen molar-refractivity contribution in [3.63, 3.8) is 0 Å². The van der Waals surface area contributed by atoms with E-state index in [1.54, 1.807) is 10.9 Å². The molecule has 3 aromatic heterocycles. The standard InChI is InChI=1S/C15H13ClN6/c1-9-5-12-10(3-2-4-17-12)6-11(9)8-22-14-13(20-21-22)7-18-15(16)19-14/h2-7,9,11H,8H2,1H3. The van der Waals surface area contributed by atoms with Crippen LogP contribution in [-0.4, -0.2) is 29.9 Å². The number of aromatic nitrogens is 6. The van der Waals surface area contributed by atoms with E-state index in [1.807, 2.05) is 12.3 Å². The molecule has 22 heavy (non-hydrogen) atoms. The number of hydrogen-bond donors (Lipinski definition) is 0. The van der Waals surface area contributed by atoms with Crippen molar-refractivity contribution < 1.29 is 0 Å². The topological polar surface area (TPSA) is 69.4 Å². The Morgan fingerprint density at radius 1 is 1.27 bits per heavy atom. The van der Waals surface area contributed by atoms with Gasteiger partial charge in [-0.1, -0.05) is 30.4 Å². The van der Waals surface area contributed by atoms with Crippen LogP contribution in [0.4, 0.5) is 0 Å². The van der Waals surface area contributed by atoms with E-state index in [2.05, 4.69) is 50.4 Å². The summed E-state index contributed by atoms with van der Waals surface area (Å²) in [5, 5.41) is 10.7. The summed E-state index contributed by atoms with van der Waals surface area (Å²) >= 11 is 5.87. The van der Waals surface area contributed by atoms with Crippen molar-refractivity contribution in [3.05, 3.63) is 40.4 Å². The highest BCUT2D eigenvalue weighted by atomic mass is 35.5. The zero-order valence-corrected chi connectivity index (χ0v) is 12.6. The van der Waals surface area contributed by atoms with Crippen molar-refractivity contribution in [2.24, 2.45) is 11.8 Å². The molecule has 0 radical (unpaired) electrons. The number of fused-ring (bicyclic) bond motifs is 2. The summed E-state index contributed by atoms with van der Waals surface area (Å²) in [6.07, 6.45) is 7.85. The third-order valence-corrected chi connectivity index (χ3v) is 4.15. The second-order valence-corrected chi connectivity index (χ2v) is 5.79. The second-order valence-electron chi connectivity index (χ2n) is 5.45. The minimum Gasteiger partial charge on any atom is -0.257 e. The van der Waals surface area contributed by atoms with E-state index < -0.39 is 0 Å². The summed E-state index contributed by atoms with van der Waals surface area (Å²) < 4.78 is 1.79. The van der Waals surface area contributed by atoms with Gasteiger partial charge in [0.15, 0.2) is 11.2 Å². The van der Waals surface area contributed by atoms with Gasteiger partial charge in [0.05, 0.1) is 18.1 Å². The van der Waals surface area contributed by atoms with Gasteiger partial charge in [-0.15, -0.1) is 5.10 Å². The van der Waals surface area contributed by atoms with Crippen molar-refractivity contribution in [1.82, 2.24) is 29.9 Å². The van der Waals surface area contributed by atoms with Gasteiger partial charge in [0.25, 0.3) is 0 Å². The van der Waals surface area contributed by atoms with Gasteiger partial charge in [0.1, 0.15) is 0 Å². The van der Waals surface area contributed by atoms with Gasteiger partial charge in [0.2, 0.25) is 5.28 Å². The van der Waals surface area contributed by atoms with Crippen LogP contribution in [0, 0.1) is 11.8 Å². The van der Waals surface area contributed by atoms with Crippen LogP contribution in [0.2, 0.25) is 5.28 Å². The minimum atomic E-state index is 0.206. The average molecular weight is 313 g/mol. The molecule has 3 aromatic rings. The Morgan fingerprint density at radius 2 is 2.18 bits per heavy atom. The molecule has 0 fully saturated rings. The zero-order chi connectivity index (χ0) is 15.1. The van der Waals surface area contributed by atoms with Crippen LogP contribution in [-0.2, 0) is 6.54 Å². The van der Waals surface area contributed by atoms with Crippen molar-refractivity contribution in [2.75, 3.05) is 0 Å². The molecule has 110 valence electrons. The average Bonchev–Trinajstić information content (AvgIpc) is 2.90. The van der Waals surface area contributed by atoms with E-state index >= 15 is 0 Å². The molecule has 4 rings (SSSR count). The summed E-state index contributed by atoms with van der Waals surface area (Å²) in [4.78, 5) is 12.6. The largest absolute Gasteiger partial charge is 0.257 e. The van der Waals surface area contributed by atoms with Gasteiger partial charge >= 0.3 is 0 Å². The summed E-state index contributed by atoms with van der Waals surface area (Å²) in [5.74, 6) is 0.661. The van der Waals surface area contributed by atoms with Crippen LogP contribution in [0.3, 0.4) is 0 Å². The van der Waals surface area contributed by atoms with Crippen LogP contribution < -0.4 is 10.6 Å². The van der Waals surface area contributed by atoms with Crippen LogP contribution in [0.5, 0.6) is 0 Å². The Bertz CT molecular complexity index is 964. The fourth-order valence-electron chi connectivity index (χ4n) is 2.76. The van der Waals surface area contributed by atoms with E-state index in [1.165, 1.54) is 0 Å². The summed E-state index contributed by atoms with van der Waals surface area (Å²) in [6, 6.07) is 4.03. The van der Waals surface area contributed by atoms with Gasteiger partial charge in [-0.3, -0.25) is 4.98 Å². The molecular weight excluding hydrogens is 300 g/mol. The molecule has 0 saturated heterocycles. The maximum atomic E-state index is 5.87. The van der Waals surface area contributed by atoms with Crippen LogP contribution in [0.15, 0.2) is 24.5 Å². The lowest BCUT2D eigenvalue weighted by molar-refractivity contribution is 0.443. The fraction of sp³-hybridized carbons (Fsp3) is 0.267. The molecule has 0 aliphatic heterocycles. The maximum Gasteiger partial charge on any atom is 0.224 e. The SMILES string of the molecule is CC1C=c2ncccc2=CC1Cn1nnc2cnc(Cl)nc21.